The van der Waals surface area contributed by atoms with Crippen molar-refractivity contribution in [2.45, 2.75) is 64.8 Å². The minimum Gasteiger partial charge on any atom is -0.465 e. The number of amides is 1. The number of hydrogen-bond donors (Lipinski definition) is 3. The molecule has 1 saturated heterocycles. The standard InChI is InChI=1S/C31H43FN4O6/c1-19-5-7-23(38)16-29(39)42-30(20(2)6-8-24(19)28-18-34(4)9-10-35(28)31(40)41)21(3)13-22-14-26(32)25-17-33-36(11-12-37)27(25)15-22/h6,8,13-15,17,19-20,23-24,28,30,37-38H,5,7,9-12,16,18H2,1-4H3,(H,40,41)/b8-6+,21-13+/t19-,20-,23+,24-,28?,30-/m0/s1. The number of benzene rings is 1. The number of carboxylic acid groups (broad SMARTS) is 1. The SMILES string of the molecule is C/C(=C\c1cc(F)c2cnn(CCO)c2c1)[C@H]1OC(=O)C[C@H](O)CC[C@H](C)[C@@H](C2CN(C)CCN2C(=O)O)/C=C/[C@@H]1C. The number of carbonyl (C=O) groups excluding carboxylic acids is 1. The molecule has 4 rings (SSSR count). The zero-order valence-electron chi connectivity index (χ0n) is 24.8. The number of ether oxygens (including phenoxy) is 1. The molecule has 42 heavy (non-hydrogen) atoms. The van der Waals surface area contributed by atoms with Crippen LogP contribution in [0.1, 0.15) is 45.6 Å². The Balaban J connectivity index is 1.69. The van der Waals surface area contributed by atoms with Crippen LogP contribution in [0.4, 0.5) is 9.18 Å². The van der Waals surface area contributed by atoms with E-state index < -0.39 is 30.1 Å². The molecule has 3 heterocycles. The highest BCUT2D eigenvalue weighted by Crippen LogP contribution is 2.32. The van der Waals surface area contributed by atoms with E-state index in [2.05, 4.69) is 23.0 Å². The van der Waals surface area contributed by atoms with Crippen molar-refractivity contribution in [3.8, 4) is 0 Å². The van der Waals surface area contributed by atoms with Gasteiger partial charge in [-0.2, -0.15) is 5.10 Å². The third kappa shape index (κ3) is 7.37. The molecule has 0 spiro atoms. The summed E-state index contributed by atoms with van der Waals surface area (Å²) in [5.74, 6) is -1.30. The quantitative estimate of drug-likeness (QED) is 0.357. The molecule has 10 nitrogen and oxygen atoms in total. The van der Waals surface area contributed by atoms with Crippen molar-refractivity contribution in [1.29, 1.82) is 0 Å². The molecule has 0 saturated carbocycles. The van der Waals surface area contributed by atoms with Crippen LogP contribution in [0.3, 0.4) is 0 Å². The van der Waals surface area contributed by atoms with Crippen LogP contribution in [-0.2, 0) is 16.1 Å². The van der Waals surface area contributed by atoms with Gasteiger partial charge in [0.15, 0.2) is 0 Å². The van der Waals surface area contributed by atoms with Gasteiger partial charge in [-0.1, -0.05) is 32.1 Å². The van der Waals surface area contributed by atoms with E-state index in [9.17, 15) is 29.3 Å². The van der Waals surface area contributed by atoms with Gasteiger partial charge in [0.2, 0.25) is 0 Å². The fourth-order valence-electron chi connectivity index (χ4n) is 6.22. The van der Waals surface area contributed by atoms with Gasteiger partial charge in [0.1, 0.15) is 11.9 Å². The van der Waals surface area contributed by atoms with Crippen molar-refractivity contribution in [3.63, 3.8) is 0 Å². The molecule has 1 amide bonds. The number of aliphatic hydroxyl groups is 2. The topological polar surface area (TPSA) is 128 Å². The summed E-state index contributed by atoms with van der Waals surface area (Å²) in [5, 5.41) is 34.5. The zero-order chi connectivity index (χ0) is 30.6. The summed E-state index contributed by atoms with van der Waals surface area (Å²) < 4.78 is 22.4. The van der Waals surface area contributed by atoms with Gasteiger partial charge < -0.3 is 29.9 Å². The number of cyclic esters (lactones) is 1. The monoisotopic (exact) mass is 586 g/mol. The minimum absolute atomic E-state index is 0.0606. The summed E-state index contributed by atoms with van der Waals surface area (Å²) in [6.45, 7) is 7.60. The van der Waals surface area contributed by atoms with E-state index in [1.54, 1.807) is 12.1 Å². The molecule has 6 atom stereocenters. The average molecular weight is 587 g/mol. The van der Waals surface area contributed by atoms with Crippen molar-refractivity contribution in [2.24, 2.45) is 17.8 Å². The highest BCUT2D eigenvalue weighted by molar-refractivity contribution is 5.82. The van der Waals surface area contributed by atoms with E-state index in [4.69, 9.17) is 4.74 Å². The molecule has 1 unspecified atom stereocenters. The van der Waals surface area contributed by atoms with Gasteiger partial charge in [-0.3, -0.25) is 9.48 Å². The Hall–Kier alpha value is -3.28. The van der Waals surface area contributed by atoms with Gasteiger partial charge in [0.25, 0.3) is 0 Å². The summed E-state index contributed by atoms with van der Waals surface area (Å²) >= 11 is 0. The summed E-state index contributed by atoms with van der Waals surface area (Å²) in [7, 11) is 1.99. The van der Waals surface area contributed by atoms with Crippen molar-refractivity contribution < 1.29 is 34.0 Å². The number of rotatable bonds is 5. The van der Waals surface area contributed by atoms with Crippen molar-refractivity contribution in [2.75, 3.05) is 33.3 Å². The minimum atomic E-state index is -0.942. The molecule has 2 aliphatic heterocycles. The van der Waals surface area contributed by atoms with E-state index in [-0.39, 0.29) is 43.4 Å². The molecule has 2 aromatic rings. The van der Waals surface area contributed by atoms with Crippen LogP contribution in [-0.4, -0.2) is 98.5 Å². The number of nitrogens with zero attached hydrogens (tertiary/aromatic N) is 4. The number of esters is 1. The smallest absolute Gasteiger partial charge is 0.407 e. The van der Waals surface area contributed by atoms with Gasteiger partial charge in [0.05, 0.1) is 48.8 Å². The molecule has 230 valence electrons. The van der Waals surface area contributed by atoms with Gasteiger partial charge in [-0.05, 0) is 56.0 Å². The molecule has 2 aliphatic rings. The largest absolute Gasteiger partial charge is 0.465 e. The zero-order valence-corrected chi connectivity index (χ0v) is 24.8. The van der Waals surface area contributed by atoms with Crippen molar-refractivity contribution in [1.82, 2.24) is 19.6 Å². The fourth-order valence-corrected chi connectivity index (χ4v) is 6.22. The lowest BCUT2D eigenvalue weighted by Gasteiger charge is -2.43. The second-order valence-electron chi connectivity index (χ2n) is 11.9. The molecule has 0 radical (unpaired) electrons. The Bertz CT molecular complexity index is 1330. The second-order valence-corrected chi connectivity index (χ2v) is 11.9. The molecule has 3 N–H and O–H groups in total. The maximum atomic E-state index is 14.9. The normalized spacial score (nSPS) is 29.5. The number of aromatic nitrogens is 2. The summed E-state index contributed by atoms with van der Waals surface area (Å²) in [5.41, 5.74) is 1.80. The summed E-state index contributed by atoms with van der Waals surface area (Å²) in [6, 6.07) is 2.93. The van der Waals surface area contributed by atoms with E-state index >= 15 is 0 Å². The highest BCUT2D eigenvalue weighted by atomic mass is 19.1. The van der Waals surface area contributed by atoms with Crippen LogP contribution < -0.4 is 0 Å². The number of aliphatic hydroxyl groups excluding tert-OH is 2. The number of hydrogen-bond acceptors (Lipinski definition) is 7. The predicted octanol–water partition coefficient (Wildman–Crippen LogP) is 3.77. The van der Waals surface area contributed by atoms with Crippen LogP contribution in [0, 0.1) is 23.6 Å². The van der Waals surface area contributed by atoms with Gasteiger partial charge in [-0.15, -0.1) is 0 Å². The lowest BCUT2D eigenvalue weighted by Crippen LogP contribution is -2.57. The second kappa shape index (κ2) is 13.8. The Kier molecular flexibility index (Phi) is 10.4. The number of halogens is 1. The molecule has 0 bridgehead atoms. The number of carbonyl (C=O) groups is 2. The Morgan fingerprint density at radius 1 is 1.21 bits per heavy atom. The average Bonchev–Trinajstić information content (AvgIpc) is 3.33. The Morgan fingerprint density at radius 2 is 1.98 bits per heavy atom. The van der Waals surface area contributed by atoms with Crippen LogP contribution in [0.2, 0.25) is 0 Å². The first-order chi connectivity index (χ1) is 20.0. The van der Waals surface area contributed by atoms with E-state index in [0.717, 1.165) is 0 Å². The number of fused-ring (bicyclic) bond motifs is 1. The molecule has 1 aromatic heterocycles. The highest BCUT2D eigenvalue weighted by Gasteiger charge is 2.37. The number of piperazine rings is 1. The van der Waals surface area contributed by atoms with E-state index in [0.29, 0.717) is 54.5 Å². The summed E-state index contributed by atoms with van der Waals surface area (Å²) in [6.07, 6.45) is 5.61. The Labute approximate surface area is 246 Å². The first-order valence-corrected chi connectivity index (χ1v) is 14.7. The maximum absolute atomic E-state index is 14.9. The summed E-state index contributed by atoms with van der Waals surface area (Å²) in [4.78, 5) is 28.7. The first kappa shape index (κ1) is 31.7. The van der Waals surface area contributed by atoms with E-state index in [1.165, 1.54) is 21.8 Å². The first-order valence-electron chi connectivity index (χ1n) is 14.7. The molecule has 1 fully saturated rings. The van der Waals surface area contributed by atoms with Gasteiger partial charge in [0, 0.05) is 31.5 Å². The number of likely N-dealkylation sites (N-methyl/N-ethyl adjacent to an activating group) is 1. The Morgan fingerprint density at radius 3 is 2.69 bits per heavy atom. The van der Waals surface area contributed by atoms with Crippen LogP contribution in [0.25, 0.3) is 17.0 Å². The molecule has 11 heteroatoms. The third-order valence-corrected chi connectivity index (χ3v) is 8.59. The predicted molar refractivity (Wildman–Crippen MR) is 157 cm³/mol. The molecule has 0 aliphatic carbocycles. The van der Waals surface area contributed by atoms with Crippen molar-refractivity contribution >= 4 is 29.0 Å². The fraction of sp³-hybridized carbons (Fsp3) is 0.581. The van der Waals surface area contributed by atoms with Crippen LogP contribution in [0.5, 0.6) is 0 Å². The molecule has 1 aromatic carbocycles. The maximum Gasteiger partial charge on any atom is 0.407 e. The lowest BCUT2D eigenvalue weighted by molar-refractivity contribution is -0.151. The third-order valence-electron chi connectivity index (χ3n) is 8.59. The van der Waals surface area contributed by atoms with Gasteiger partial charge >= 0.3 is 12.1 Å². The van der Waals surface area contributed by atoms with Crippen molar-refractivity contribution in [3.05, 3.63) is 47.4 Å². The molecular weight excluding hydrogens is 543 g/mol. The van der Waals surface area contributed by atoms with Gasteiger partial charge in [-0.25, -0.2) is 9.18 Å². The molecular formula is C31H43FN4O6. The van der Waals surface area contributed by atoms with Crippen LogP contribution in [0.15, 0.2) is 36.1 Å². The lowest BCUT2D eigenvalue weighted by atomic mass is 9.80. The van der Waals surface area contributed by atoms with Crippen LogP contribution >= 0.6 is 0 Å². The van der Waals surface area contributed by atoms with E-state index in [1.807, 2.05) is 27.0 Å².